The van der Waals surface area contributed by atoms with Crippen LogP contribution in [-0.2, 0) is 10.9 Å². The number of piperazine rings is 1. The van der Waals surface area contributed by atoms with Gasteiger partial charge in [-0.15, -0.1) is 0 Å². The first-order chi connectivity index (χ1) is 18.3. The molecule has 0 radical (unpaired) electrons. The third kappa shape index (κ3) is 5.69. The molecule has 0 unspecified atom stereocenters. The molecular weight excluding hydrogens is 495 g/mol. The van der Waals surface area contributed by atoms with Crippen molar-refractivity contribution in [3.05, 3.63) is 77.6 Å². The van der Waals surface area contributed by atoms with Gasteiger partial charge in [0.05, 0.1) is 22.4 Å². The molecular formula is C28H28F3N5O2. The van der Waals surface area contributed by atoms with E-state index in [1.54, 1.807) is 35.2 Å². The van der Waals surface area contributed by atoms with Crippen molar-refractivity contribution in [2.75, 3.05) is 49.6 Å². The van der Waals surface area contributed by atoms with Crippen LogP contribution in [0.1, 0.15) is 34.3 Å². The van der Waals surface area contributed by atoms with E-state index in [-0.39, 0.29) is 5.91 Å². The summed E-state index contributed by atoms with van der Waals surface area (Å²) in [4.78, 5) is 17.6. The van der Waals surface area contributed by atoms with Gasteiger partial charge in [0.25, 0.3) is 5.91 Å². The van der Waals surface area contributed by atoms with E-state index in [0.717, 1.165) is 70.1 Å². The minimum Gasteiger partial charge on any atom is -0.381 e. The summed E-state index contributed by atoms with van der Waals surface area (Å²) < 4.78 is 45.5. The van der Waals surface area contributed by atoms with E-state index < -0.39 is 11.7 Å². The van der Waals surface area contributed by atoms with Gasteiger partial charge >= 0.3 is 6.18 Å². The summed E-state index contributed by atoms with van der Waals surface area (Å²) in [5.74, 6) is -0.377. The van der Waals surface area contributed by atoms with E-state index >= 15 is 0 Å². The minimum absolute atomic E-state index is 0.344. The zero-order chi connectivity index (χ0) is 26.7. The van der Waals surface area contributed by atoms with Crippen molar-refractivity contribution in [3.8, 4) is 11.8 Å². The Morgan fingerprint density at radius 3 is 2.37 bits per heavy atom. The molecule has 0 bridgehead atoms. The summed E-state index contributed by atoms with van der Waals surface area (Å²) in [7, 11) is 0. The Morgan fingerprint density at radius 2 is 1.71 bits per heavy atom. The lowest BCUT2D eigenvalue weighted by Crippen LogP contribution is -2.51. The standard InChI is InChI=1S/C28H28F3N5O2/c29-28(30,31)22-1-4-24(5-2-22)36-10-7-20(19-36)27(37)33-23-3-6-26(21(17-23)18-32)35-13-11-34(12-14-35)25-8-15-38-16-9-25/h1-7,10,17,19,25H,8-9,11-16H2,(H,33,37). The number of nitrogens with one attached hydrogen (secondary N) is 1. The highest BCUT2D eigenvalue weighted by molar-refractivity contribution is 6.04. The molecule has 1 N–H and O–H groups in total. The molecule has 0 spiro atoms. The Hall–Kier alpha value is -3.81. The number of carbonyl (C=O) groups is 1. The molecule has 2 aliphatic heterocycles. The van der Waals surface area contributed by atoms with Crippen molar-refractivity contribution < 1.29 is 22.7 Å². The van der Waals surface area contributed by atoms with E-state index in [9.17, 15) is 23.2 Å². The van der Waals surface area contributed by atoms with Crippen LogP contribution in [0.4, 0.5) is 24.5 Å². The van der Waals surface area contributed by atoms with Crippen molar-refractivity contribution in [2.45, 2.75) is 25.1 Å². The fourth-order valence-electron chi connectivity index (χ4n) is 5.07. The van der Waals surface area contributed by atoms with Crippen LogP contribution in [0.2, 0.25) is 0 Å². The summed E-state index contributed by atoms with van der Waals surface area (Å²) in [5, 5.41) is 12.6. The molecule has 2 aromatic carbocycles. The van der Waals surface area contributed by atoms with Crippen LogP contribution < -0.4 is 10.2 Å². The Balaban J connectivity index is 1.22. The molecule has 198 valence electrons. The summed E-state index contributed by atoms with van der Waals surface area (Å²) in [5.41, 5.74) is 1.96. The molecule has 0 aliphatic carbocycles. The Labute approximate surface area is 219 Å². The molecule has 7 nitrogen and oxygen atoms in total. The van der Waals surface area contributed by atoms with Crippen molar-refractivity contribution in [2.24, 2.45) is 0 Å². The maximum atomic E-state index is 12.8. The van der Waals surface area contributed by atoms with Crippen LogP contribution in [-0.4, -0.2) is 60.8 Å². The number of alkyl halides is 3. The topological polar surface area (TPSA) is 73.5 Å². The Morgan fingerprint density at radius 1 is 1.00 bits per heavy atom. The summed E-state index contributed by atoms with van der Waals surface area (Å²) >= 11 is 0. The molecule has 0 atom stereocenters. The van der Waals surface area contributed by atoms with Gasteiger partial charge in [-0.25, -0.2) is 0 Å². The lowest BCUT2D eigenvalue weighted by atomic mass is 10.1. The van der Waals surface area contributed by atoms with Crippen LogP contribution in [0.5, 0.6) is 0 Å². The second-order valence-corrected chi connectivity index (χ2v) is 9.52. The smallest absolute Gasteiger partial charge is 0.381 e. The predicted octanol–water partition coefficient (Wildman–Crippen LogP) is 4.92. The summed E-state index contributed by atoms with van der Waals surface area (Å²) in [6.45, 7) is 5.16. The van der Waals surface area contributed by atoms with Crippen molar-refractivity contribution in [1.29, 1.82) is 5.26 Å². The zero-order valence-electron chi connectivity index (χ0n) is 20.7. The van der Waals surface area contributed by atoms with Gasteiger partial charge in [0.15, 0.2) is 0 Å². The second kappa shape index (κ2) is 10.9. The SMILES string of the molecule is N#Cc1cc(NC(=O)c2ccn(-c3ccc(C(F)(F)F)cc3)c2)ccc1N1CCN(C2CCOCC2)CC1. The average Bonchev–Trinajstić information content (AvgIpc) is 3.44. The van der Waals surface area contributed by atoms with Crippen LogP contribution in [0.15, 0.2) is 60.9 Å². The number of rotatable bonds is 5. The van der Waals surface area contributed by atoms with Crippen molar-refractivity contribution >= 4 is 17.3 Å². The number of aromatic nitrogens is 1. The molecule has 38 heavy (non-hydrogen) atoms. The Bertz CT molecular complexity index is 1320. The molecule has 10 heteroatoms. The third-order valence-electron chi connectivity index (χ3n) is 7.18. The van der Waals surface area contributed by atoms with E-state index in [1.165, 1.54) is 12.1 Å². The third-order valence-corrected chi connectivity index (χ3v) is 7.18. The van der Waals surface area contributed by atoms with E-state index in [0.29, 0.717) is 28.5 Å². The van der Waals surface area contributed by atoms with Gasteiger partial charge in [-0.05, 0) is 61.4 Å². The summed E-state index contributed by atoms with van der Waals surface area (Å²) in [6.07, 6.45) is 0.880. The maximum absolute atomic E-state index is 12.8. The highest BCUT2D eigenvalue weighted by atomic mass is 19.4. The first kappa shape index (κ1) is 25.8. The molecule has 2 saturated heterocycles. The van der Waals surface area contributed by atoms with Gasteiger partial charge in [-0.3, -0.25) is 9.69 Å². The average molecular weight is 524 g/mol. The quantitative estimate of drug-likeness (QED) is 0.514. The molecule has 2 aliphatic rings. The normalized spacial score (nSPS) is 17.3. The van der Waals surface area contributed by atoms with Crippen LogP contribution in [0, 0.1) is 11.3 Å². The number of nitriles is 1. The molecule has 2 fully saturated rings. The maximum Gasteiger partial charge on any atom is 0.416 e. The summed E-state index contributed by atoms with van der Waals surface area (Å²) in [6, 6.07) is 14.4. The van der Waals surface area contributed by atoms with Gasteiger partial charge in [0.2, 0.25) is 0 Å². The highest BCUT2D eigenvalue weighted by Crippen LogP contribution is 2.30. The molecule has 0 saturated carbocycles. The van der Waals surface area contributed by atoms with Crippen molar-refractivity contribution in [1.82, 2.24) is 9.47 Å². The van der Waals surface area contributed by atoms with E-state index in [2.05, 4.69) is 21.2 Å². The first-order valence-electron chi connectivity index (χ1n) is 12.6. The number of amides is 1. The fourth-order valence-corrected chi connectivity index (χ4v) is 5.07. The van der Waals surface area contributed by atoms with Crippen molar-refractivity contribution in [3.63, 3.8) is 0 Å². The van der Waals surface area contributed by atoms with Gasteiger partial charge in [-0.1, -0.05) is 0 Å². The number of anilines is 2. The largest absolute Gasteiger partial charge is 0.416 e. The van der Waals surface area contributed by atoms with Gasteiger partial charge in [0.1, 0.15) is 6.07 Å². The zero-order valence-corrected chi connectivity index (χ0v) is 20.7. The van der Waals surface area contributed by atoms with Gasteiger partial charge in [0, 0.05) is 69.2 Å². The molecule has 1 amide bonds. The van der Waals surface area contributed by atoms with Gasteiger partial charge in [-0.2, -0.15) is 18.4 Å². The van der Waals surface area contributed by atoms with Crippen LogP contribution in [0.25, 0.3) is 5.69 Å². The van der Waals surface area contributed by atoms with Gasteiger partial charge < -0.3 is 19.5 Å². The Kier molecular flexibility index (Phi) is 7.40. The highest BCUT2D eigenvalue weighted by Gasteiger charge is 2.30. The number of nitrogens with zero attached hydrogens (tertiary/aromatic N) is 4. The number of halogens is 3. The molecule has 3 heterocycles. The van der Waals surface area contributed by atoms with Crippen LogP contribution >= 0.6 is 0 Å². The first-order valence-corrected chi connectivity index (χ1v) is 12.6. The lowest BCUT2D eigenvalue weighted by molar-refractivity contribution is -0.137. The number of carbonyl (C=O) groups excluding carboxylic acids is 1. The monoisotopic (exact) mass is 523 g/mol. The lowest BCUT2D eigenvalue weighted by Gasteiger charge is -2.41. The van der Waals surface area contributed by atoms with E-state index in [4.69, 9.17) is 4.74 Å². The number of ether oxygens (including phenoxy) is 1. The molecule has 5 rings (SSSR count). The van der Waals surface area contributed by atoms with Crippen LogP contribution in [0.3, 0.4) is 0 Å². The van der Waals surface area contributed by atoms with E-state index in [1.807, 2.05) is 6.07 Å². The second-order valence-electron chi connectivity index (χ2n) is 9.52. The number of benzene rings is 2. The number of hydrogen-bond acceptors (Lipinski definition) is 5. The minimum atomic E-state index is -4.41. The fraction of sp³-hybridized carbons (Fsp3) is 0.357. The molecule has 1 aromatic heterocycles. The number of hydrogen-bond donors (Lipinski definition) is 1. The predicted molar refractivity (Wildman–Crippen MR) is 138 cm³/mol. The molecule has 3 aromatic rings.